The van der Waals surface area contributed by atoms with Gasteiger partial charge in [0, 0.05) is 23.5 Å². The number of carbonyl (C=O) groups excluding carboxylic acids is 2. The third-order valence-electron chi connectivity index (χ3n) is 3.71. The van der Waals surface area contributed by atoms with Crippen molar-refractivity contribution in [2.24, 2.45) is 0 Å². The number of rotatable bonds is 4. The van der Waals surface area contributed by atoms with E-state index in [-0.39, 0.29) is 11.6 Å². The molecule has 0 radical (unpaired) electrons. The average Bonchev–Trinajstić information content (AvgIpc) is 2.56. The van der Waals surface area contributed by atoms with Crippen LogP contribution in [0.5, 0.6) is 0 Å². The van der Waals surface area contributed by atoms with E-state index < -0.39 is 16.7 Å². The minimum atomic E-state index is -0.841. The molecule has 0 aromatic heterocycles. The number of amides is 2. The van der Waals surface area contributed by atoms with Crippen LogP contribution in [0.25, 0.3) is 0 Å². The van der Waals surface area contributed by atoms with Gasteiger partial charge in [-0.15, -0.1) is 0 Å². The number of carbonyl (C=O) groups is 2. The van der Waals surface area contributed by atoms with E-state index in [1.54, 1.807) is 0 Å². The first kappa shape index (κ1) is 18.1. The molecular weight excluding hydrogens is 322 g/mol. The fourth-order valence-corrected chi connectivity index (χ4v) is 2.37. The third kappa shape index (κ3) is 4.41. The molecule has 2 amide bonds. The van der Waals surface area contributed by atoms with Crippen LogP contribution in [0, 0.1) is 17.0 Å². The fraction of sp³-hybridized carbons (Fsp3) is 0.222. The van der Waals surface area contributed by atoms with Crippen molar-refractivity contribution in [1.29, 1.82) is 0 Å². The maximum Gasteiger partial charge on any atom is 0.314 e. The Hall–Kier alpha value is -3.22. The molecule has 2 N–H and O–H groups in total. The van der Waals surface area contributed by atoms with Gasteiger partial charge in [0.2, 0.25) is 0 Å². The van der Waals surface area contributed by atoms with Crippen LogP contribution in [0.3, 0.4) is 0 Å². The molecule has 2 rings (SSSR count). The lowest BCUT2D eigenvalue weighted by Crippen LogP contribution is -2.29. The molecule has 2 aromatic rings. The summed E-state index contributed by atoms with van der Waals surface area (Å²) in [7, 11) is 0. The van der Waals surface area contributed by atoms with E-state index in [4.69, 9.17) is 0 Å². The minimum Gasteiger partial charge on any atom is -0.318 e. The zero-order valence-electron chi connectivity index (χ0n) is 14.2. The number of nitrogens with one attached hydrogen (secondary N) is 2. The summed E-state index contributed by atoms with van der Waals surface area (Å²) in [6.45, 7) is 5.86. The van der Waals surface area contributed by atoms with Crippen molar-refractivity contribution in [2.75, 3.05) is 10.6 Å². The maximum atomic E-state index is 12.2. The summed E-state index contributed by atoms with van der Waals surface area (Å²) in [5.41, 5.74) is 2.64. The molecule has 0 spiro atoms. The van der Waals surface area contributed by atoms with E-state index in [1.807, 2.05) is 39.0 Å². The van der Waals surface area contributed by atoms with Gasteiger partial charge in [-0.3, -0.25) is 19.7 Å². The van der Waals surface area contributed by atoms with Crippen LogP contribution in [0.2, 0.25) is 0 Å². The first-order chi connectivity index (χ1) is 11.8. The molecule has 0 aliphatic heterocycles. The summed E-state index contributed by atoms with van der Waals surface area (Å²) < 4.78 is 0. The highest BCUT2D eigenvalue weighted by Gasteiger charge is 2.18. The van der Waals surface area contributed by atoms with E-state index in [0.717, 1.165) is 11.1 Å². The highest BCUT2D eigenvalue weighted by molar-refractivity contribution is 6.43. The number of hydrogen-bond donors (Lipinski definition) is 2. The Morgan fingerprint density at radius 3 is 2.16 bits per heavy atom. The Balaban J connectivity index is 2.11. The van der Waals surface area contributed by atoms with Crippen molar-refractivity contribution in [3.05, 3.63) is 63.7 Å². The molecule has 25 heavy (non-hydrogen) atoms. The molecule has 0 aliphatic rings. The highest BCUT2D eigenvalue weighted by atomic mass is 16.6. The number of anilines is 2. The molecule has 0 atom stereocenters. The second-order valence-corrected chi connectivity index (χ2v) is 5.91. The largest absolute Gasteiger partial charge is 0.318 e. The van der Waals surface area contributed by atoms with Crippen molar-refractivity contribution in [3.8, 4) is 0 Å². The van der Waals surface area contributed by atoms with E-state index in [9.17, 15) is 19.7 Å². The SMILES string of the molecule is Cc1cccc(C(C)C)c1NC(=O)C(=O)Nc1ccc([N+](=O)[O-])cc1. The molecule has 130 valence electrons. The molecular formula is C18H19N3O4. The zero-order valence-corrected chi connectivity index (χ0v) is 14.2. The third-order valence-corrected chi connectivity index (χ3v) is 3.71. The summed E-state index contributed by atoms with van der Waals surface area (Å²) in [6, 6.07) is 10.9. The van der Waals surface area contributed by atoms with Crippen LogP contribution in [0.1, 0.15) is 30.9 Å². The van der Waals surface area contributed by atoms with Gasteiger partial charge < -0.3 is 10.6 Å². The number of nitrogens with zero attached hydrogens (tertiary/aromatic N) is 1. The molecule has 0 saturated carbocycles. The van der Waals surface area contributed by atoms with E-state index in [0.29, 0.717) is 11.4 Å². The monoisotopic (exact) mass is 341 g/mol. The van der Waals surface area contributed by atoms with Crippen LogP contribution in [0.15, 0.2) is 42.5 Å². The van der Waals surface area contributed by atoms with Crippen LogP contribution < -0.4 is 10.6 Å². The van der Waals surface area contributed by atoms with Gasteiger partial charge in [0.05, 0.1) is 4.92 Å². The standard InChI is InChI=1S/C18H19N3O4/c1-11(2)15-6-4-5-12(3)16(15)20-18(23)17(22)19-13-7-9-14(10-8-13)21(24)25/h4-11H,1-3H3,(H,19,22)(H,20,23). The number of aryl methyl sites for hydroxylation is 1. The first-order valence-corrected chi connectivity index (χ1v) is 7.76. The van der Waals surface area contributed by atoms with Gasteiger partial charge in [-0.05, 0) is 36.1 Å². The lowest BCUT2D eigenvalue weighted by atomic mass is 9.98. The molecule has 0 bridgehead atoms. The van der Waals surface area contributed by atoms with Gasteiger partial charge in [-0.25, -0.2) is 0 Å². The average molecular weight is 341 g/mol. The predicted octanol–water partition coefficient (Wildman–Crippen LogP) is 3.60. The molecule has 0 unspecified atom stereocenters. The smallest absolute Gasteiger partial charge is 0.314 e. The van der Waals surface area contributed by atoms with Gasteiger partial charge in [0.15, 0.2) is 0 Å². The lowest BCUT2D eigenvalue weighted by Gasteiger charge is -2.16. The Morgan fingerprint density at radius 1 is 1.00 bits per heavy atom. The molecule has 7 heteroatoms. The number of hydrogen-bond acceptors (Lipinski definition) is 4. The topological polar surface area (TPSA) is 101 Å². The molecule has 0 aliphatic carbocycles. The second-order valence-electron chi connectivity index (χ2n) is 5.91. The number of nitro benzene ring substituents is 1. The molecule has 2 aromatic carbocycles. The predicted molar refractivity (Wildman–Crippen MR) is 95.6 cm³/mol. The molecule has 7 nitrogen and oxygen atoms in total. The normalized spacial score (nSPS) is 10.4. The van der Waals surface area contributed by atoms with Gasteiger partial charge >= 0.3 is 11.8 Å². The second kappa shape index (κ2) is 7.57. The van der Waals surface area contributed by atoms with Gasteiger partial charge in [0.25, 0.3) is 5.69 Å². The summed E-state index contributed by atoms with van der Waals surface area (Å²) in [5.74, 6) is -1.45. The van der Waals surface area contributed by atoms with Gasteiger partial charge in [-0.2, -0.15) is 0 Å². The fourth-order valence-electron chi connectivity index (χ4n) is 2.37. The summed E-state index contributed by atoms with van der Waals surface area (Å²) in [5, 5.41) is 15.7. The van der Waals surface area contributed by atoms with Crippen molar-refractivity contribution >= 4 is 28.9 Å². The Kier molecular flexibility index (Phi) is 5.49. The van der Waals surface area contributed by atoms with Gasteiger partial charge in [0.1, 0.15) is 0 Å². The Morgan fingerprint density at radius 2 is 1.60 bits per heavy atom. The quantitative estimate of drug-likeness (QED) is 0.504. The van der Waals surface area contributed by atoms with Gasteiger partial charge in [-0.1, -0.05) is 32.0 Å². The van der Waals surface area contributed by atoms with Crippen LogP contribution in [-0.2, 0) is 9.59 Å². The number of nitro groups is 1. The maximum absolute atomic E-state index is 12.2. The summed E-state index contributed by atoms with van der Waals surface area (Å²) >= 11 is 0. The van der Waals surface area contributed by atoms with Crippen molar-refractivity contribution in [3.63, 3.8) is 0 Å². The number of non-ortho nitro benzene ring substituents is 1. The highest BCUT2D eigenvalue weighted by Crippen LogP contribution is 2.27. The minimum absolute atomic E-state index is 0.0936. The van der Waals surface area contributed by atoms with E-state index in [1.165, 1.54) is 24.3 Å². The lowest BCUT2D eigenvalue weighted by molar-refractivity contribution is -0.384. The Bertz CT molecular complexity index is 814. The summed E-state index contributed by atoms with van der Waals surface area (Å²) in [4.78, 5) is 34.3. The van der Waals surface area contributed by atoms with Crippen molar-refractivity contribution < 1.29 is 14.5 Å². The van der Waals surface area contributed by atoms with E-state index in [2.05, 4.69) is 10.6 Å². The van der Waals surface area contributed by atoms with Crippen LogP contribution >= 0.6 is 0 Å². The molecule has 0 heterocycles. The van der Waals surface area contributed by atoms with Crippen LogP contribution in [-0.4, -0.2) is 16.7 Å². The van der Waals surface area contributed by atoms with Crippen molar-refractivity contribution in [2.45, 2.75) is 26.7 Å². The summed E-state index contributed by atoms with van der Waals surface area (Å²) in [6.07, 6.45) is 0. The molecule has 0 fully saturated rings. The van der Waals surface area contributed by atoms with E-state index >= 15 is 0 Å². The van der Waals surface area contributed by atoms with Crippen molar-refractivity contribution in [1.82, 2.24) is 0 Å². The Labute approximate surface area is 145 Å². The zero-order chi connectivity index (χ0) is 18.6. The first-order valence-electron chi connectivity index (χ1n) is 7.76. The number of benzene rings is 2. The molecule has 0 saturated heterocycles. The van der Waals surface area contributed by atoms with Crippen LogP contribution in [0.4, 0.5) is 17.1 Å². The number of para-hydroxylation sites is 1.